The molecule has 0 aromatic carbocycles. The zero-order valence-corrected chi connectivity index (χ0v) is 74.1. The van der Waals surface area contributed by atoms with Gasteiger partial charge in [0.1, 0.15) is 146 Å². The molecule has 16 bridgehead atoms. The minimum Gasteiger partial charge on any atom is -0.481 e. The second-order valence-electron chi connectivity index (χ2n) is 30.5. The first-order valence-corrected chi connectivity index (χ1v) is 49.3. The molecule has 0 amide bonds. The number of carbonyl (C=O) groups is 8. The Hall–Kier alpha value is -2.98. The smallest absolute Gasteiger partial charge is 0.328 e. The monoisotopic (exact) mass is 2000 g/mol. The molecule has 30 aliphatic rings. The highest BCUT2D eigenvalue weighted by atomic mass is 32.2. The number of hydrogen-bond acceptors (Lipinski definition) is 48. The minimum atomic E-state index is -2.34. The van der Waals surface area contributed by atoms with Crippen LogP contribution < -0.4 is 0 Å². The summed E-state index contributed by atoms with van der Waals surface area (Å²) in [4.78, 5) is 94.2. The molecule has 0 aliphatic carbocycles. The van der Waals surface area contributed by atoms with Gasteiger partial charge in [-0.3, -0.25) is 33.6 Å². The Labute approximate surface area is 762 Å². The lowest BCUT2D eigenvalue weighted by atomic mass is 9.95. The third-order valence-corrected chi connectivity index (χ3v) is 29.5. The molecule has 48 nitrogen and oxygen atoms in total. The predicted octanol–water partition coefficient (Wildman–Crippen LogP) is -7.56. The fourth-order valence-electron chi connectivity index (χ4n) is 14.6. The summed E-state index contributed by atoms with van der Waals surface area (Å²) in [7, 11) is 0. The Morgan fingerprint density at radius 1 is 0.195 bits per heavy atom. The minimum absolute atomic E-state index is 0.160. The number of ether oxygens (including phenoxy) is 16. The number of carboxylic acid groups (broad SMARTS) is 8. The van der Waals surface area contributed by atoms with Crippen molar-refractivity contribution in [2.24, 2.45) is 0 Å². The first kappa shape index (κ1) is 109. The Kier molecular flexibility index (Phi) is 44.6. The molecular formula is C72H110O48S8. The van der Waals surface area contributed by atoms with E-state index >= 15 is 0 Å². The van der Waals surface area contributed by atoms with E-state index in [1.807, 2.05) is 0 Å². The highest BCUT2D eigenvalue weighted by molar-refractivity contribution is 8.02. The summed E-state index contributed by atoms with van der Waals surface area (Å²) in [6.45, 7) is 0. The Morgan fingerprint density at radius 2 is 0.328 bits per heavy atom. The van der Waals surface area contributed by atoms with E-state index in [0.29, 0.717) is 17.8 Å². The third kappa shape index (κ3) is 30.5. The van der Waals surface area contributed by atoms with E-state index in [9.17, 15) is 161 Å². The summed E-state index contributed by atoms with van der Waals surface area (Å²) >= 11 is 6.83. The molecule has 30 saturated heterocycles. The van der Waals surface area contributed by atoms with Gasteiger partial charge in [0.05, 0.1) is 93.8 Å². The van der Waals surface area contributed by atoms with E-state index in [2.05, 4.69) is 0 Å². The standard InChI is InChI=1S/C72H110O48S8/c73-33(74)1-9-121-17-25-57-41(89)49(97)65(105-25)114-58-26(18-122-10-2-34(75)76)107-67(51(99)43(58)91)116-60-28(20-124-12-4-36(79)80)109-69(53(101)45(60)93)118-62-30(22-126-14-6-38(83)84)111-71(55(103)47(62)95)120-64-32(24-128-16-8-40(87)88)112-72(56(104)48(64)96)119-63-31(23-127-15-7-39(85)86)110-70(54(102)46(63)94)117-61-29(21-125-13-5-37(81)82)108-68(52(100)44(61)92)115-59-27(19-123-11-3-35(77)78)106-66(113-57)50(98)42(59)90/h1,9,25-32,41-72,89-104H,2-8,10-24H2,(H,73,74)(H,75,76)(H,77,78)(H,79,80)(H,81,82)(H,83,84)(H,85,86)(H,87,88)/b9-1+/t25-,26-,27-,28-,29-,30-,31-,32-,41-,42-,43-,44-,45-,46-,47-,48-,49-,50-,51-,52-,53-,54-,55-,56-,57-,58-,59-,60-,61-,62-,63-,64-,65-,66-,67-,68-,69-,70-,71-,72-/m1/s1. The van der Waals surface area contributed by atoms with Gasteiger partial charge < -0.3 is 198 Å². The number of aliphatic carboxylic acids is 8. The molecule has 30 aliphatic heterocycles. The van der Waals surface area contributed by atoms with E-state index in [-0.39, 0.29) is 69.0 Å². The van der Waals surface area contributed by atoms with Crippen LogP contribution >= 0.6 is 94.1 Å². The van der Waals surface area contributed by atoms with Crippen molar-refractivity contribution in [2.45, 2.75) is 291 Å². The molecular weight excluding hydrogens is 1890 g/mol. The van der Waals surface area contributed by atoms with Gasteiger partial charge in [0.15, 0.2) is 50.3 Å². The Bertz CT molecular complexity index is 3390. The topological polar surface area (TPSA) is 770 Å². The number of aliphatic hydroxyl groups excluding tert-OH is 16. The molecule has 40 atom stereocenters. The van der Waals surface area contributed by atoms with Crippen molar-refractivity contribution in [1.29, 1.82) is 0 Å². The largest absolute Gasteiger partial charge is 0.481 e. The molecule has 30 fully saturated rings. The second kappa shape index (κ2) is 52.5. The molecule has 0 spiro atoms. The van der Waals surface area contributed by atoms with Crippen molar-refractivity contribution in [3.8, 4) is 0 Å². The number of thioether (sulfide) groups is 8. The Balaban J connectivity index is 1.12. The van der Waals surface area contributed by atoms with Gasteiger partial charge in [-0.15, -0.1) is 11.8 Å². The maximum absolute atomic E-state index is 12.3. The molecule has 24 N–H and O–H groups in total. The summed E-state index contributed by atoms with van der Waals surface area (Å²) in [6, 6.07) is 0. The average Bonchev–Trinajstić information content (AvgIpc) is 0.766. The first-order chi connectivity index (χ1) is 60.7. The number of rotatable bonds is 39. The van der Waals surface area contributed by atoms with Gasteiger partial charge in [-0.2, -0.15) is 82.3 Å². The molecule has 0 saturated carbocycles. The van der Waals surface area contributed by atoms with Crippen LogP contribution in [-0.4, -0.2) is 502 Å². The highest BCUT2D eigenvalue weighted by Crippen LogP contribution is 2.43. The van der Waals surface area contributed by atoms with Crippen LogP contribution in [0.5, 0.6) is 0 Å². The Morgan fingerprint density at radius 3 is 0.453 bits per heavy atom. The van der Waals surface area contributed by atoms with E-state index in [4.69, 9.17) is 75.8 Å². The van der Waals surface area contributed by atoms with Crippen molar-refractivity contribution in [3.05, 3.63) is 11.5 Å². The zero-order valence-electron chi connectivity index (χ0n) is 67.6. The first-order valence-electron chi connectivity index (χ1n) is 40.2. The van der Waals surface area contributed by atoms with Crippen molar-refractivity contribution < 1.29 is 237 Å². The summed E-state index contributed by atoms with van der Waals surface area (Å²) in [6.07, 6.45) is -85.1. The summed E-state index contributed by atoms with van der Waals surface area (Å²) < 4.78 is 100. The molecule has 734 valence electrons. The molecule has 56 heteroatoms. The normalized spacial score (nSPS) is 41.6. The van der Waals surface area contributed by atoms with Crippen molar-refractivity contribution in [3.63, 3.8) is 0 Å². The summed E-state index contributed by atoms with van der Waals surface area (Å²) in [5.41, 5.74) is 0. The summed E-state index contributed by atoms with van der Waals surface area (Å²) in [5, 5.41) is 273. The molecule has 128 heavy (non-hydrogen) atoms. The fourth-order valence-corrected chi connectivity index (χ4v) is 22.3. The van der Waals surface area contributed by atoms with Gasteiger partial charge in [0.2, 0.25) is 0 Å². The lowest BCUT2D eigenvalue weighted by Crippen LogP contribution is -2.69. The number of hydrogen-bond donors (Lipinski definition) is 24. The van der Waals surface area contributed by atoms with Gasteiger partial charge >= 0.3 is 47.8 Å². The zero-order chi connectivity index (χ0) is 93.7. The highest BCUT2D eigenvalue weighted by Gasteiger charge is 2.61. The fraction of sp³-hybridized carbons (Fsp3) is 0.861. The SMILES string of the molecule is O=C(O)/C=C/SC[C@H]1O[C@@H]2O[C@H]3[C@H](O)[C@@H](O)[C@@H](O[C@H]4[C@H](O)[C@@H](O)[C@@H](O[C@H]5[C@H](O)[C@@H](O)[C@@H](O[C@H]6[C@H](O)[C@@H](O)[C@@H](O[C@H]7[C@H](O)[C@@H](O)[C@@H](O[C@H]8[C@H](O)[C@@H](O)[C@@H](O[C@H]9[C@H](O)[C@@H](O)[C@@H](O[C@H]1[C@H](O)[C@H]2O)O[C@@H]9CSCCC(=O)O)O[C@@H]8CSCCC(=O)O)O[C@@H]7CSCCC(=O)O)O[C@@H]6CSCCC(=O)O)O[C@@H]5CSCCC(=O)O)O[C@@H]4CSCCC(=O)O)O[C@@H]3CSCCC(=O)O. The van der Waals surface area contributed by atoms with Gasteiger partial charge in [0.25, 0.3) is 0 Å². The van der Waals surface area contributed by atoms with Crippen molar-refractivity contribution in [1.82, 2.24) is 0 Å². The molecule has 30 heterocycles. The molecule has 0 radical (unpaired) electrons. The van der Waals surface area contributed by atoms with Crippen LogP contribution in [-0.2, 0) is 114 Å². The predicted molar refractivity (Wildman–Crippen MR) is 441 cm³/mol. The molecule has 0 unspecified atom stereocenters. The van der Waals surface area contributed by atoms with Crippen LogP contribution in [0.3, 0.4) is 0 Å². The number of carboxylic acids is 8. The lowest BCUT2D eigenvalue weighted by Gasteiger charge is -2.51. The van der Waals surface area contributed by atoms with Crippen LogP contribution in [0.25, 0.3) is 0 Å². The van der Waals surface area contributed by atoms with Crippen molar-refractivity contribution >= 4 is 142 Å². The van der Waals surface area contributed by atoms with Crippen LogP contribution in [0.1, 0.15) is 44.9 Å². The second-order valence-corrected chi connectivity index (χ2v) is 39.5. The molecule has 30 rings (SSSR count). The van der Waals surface area contributed by atoms with Gasteiger partial charge in [-0.05, 0) is 5.41 Å². The number of aliphatic hydroxyl groups is 16. The lowest BCUT2D eigenvalue weighted by molar-refractivity contribution is -0.396. The van der Waals surface area contributed by atoms with E-state index in [1.54, 1.807) is 0 Å². The van der Waals surface area contributed by atoms with E-state index < -0.39 is 356 Å². The summed E-state index contributed by atoms with van der Waals surface area (Å²) in [5.74, 6) is -14.6. The van der Waals surface area contributed by atoms with E-state index in [1.165, 1.54) is 0 Å². The van der Waals surface area contributed by atoms with Crippen LogP contribution in [0.2, 0.25) is 0 Å². The van der Waals surface area contributed by atoms with Gasteiger partial charge in [0, 0.05) is 92.4 Å². The maximum Gasteiger partial charge on any atom is 0.328 e. The average molecular weight is 2000 g/mol. The maximum atomic E-state index is 12.3. The van der Waals surface area contributed by atoms with Gasteiger partial charge in [-0.25, -0.2) is 4.79 Å². The van der Waals surface area contributed by atoms with Crippen LogP contribution in [0.15, 0.2) is 11.5 Å². The quantitative estimate of drug-likeness (QED) is 0.0201. The van der Waals surface area contributed by atoms with Gasteiger partial charge in [-0.1, -0.05) is 0 Å². The third-order valence-electron chi connectivity index (χ3n) is 21.2. The van der Waals surface area contributed by atoms with Crippen LogP contribution in [0.4, 0.5) is 0 Å². The molecule has 0 aromatic rings. The van der Waals surface area contributed by atoms with Crippen molar-refractivity contribution in [2.75, 3.05) is 86.3 Å². The molecule has 0 aromatic heterocycles. The van der Waals surface area contributed by atoms with Crippen LogP contribution in [0, 0.1) is 0 Å². The van der Waals surface area contributed by atoms with E-state index in [0.717, 1.165) is 87.7 Å².